The number of benzene rings is 1. The van der Waals surface area contributed by atoms with Crippen molar-refractivity contribution < 1.29 is 0 Å². The highest BCUT2D eigenvalue weighted by molar-refractivity contribution is 7.78. The summed E-state index contributed by atoms with van der Waals surface area (Å²) in [7, 11) is 0. The molecule has 22 heavy (non-hydrogen) atoms. The monoisotopic (exact) mass is 341 g/mol. The van der Waals surface area contributed by atoms with Gasteiger partial charge in [0.05, 0.1) is 16.8 Å². The summed E-state index contributed by atoms with van der Waals surface area (Å²) < 4.78 is 0. The second-order valence-electron chi connectivity index (χ2n) is 5.09. The molecule has 2 aromatic heterocycles. The molecular weight excluding hydrogens is 326 g/mol. The van der Waals surface area contributed by atoms with Crippen LogP contribution in [0.3, 0.4) is 0 Å². The minimum absolute atomic E-state index is 0.209. The maximum absolute atomic E-state index is 4.81. The first-order valence-electron chi connectivity index (χ1n) is 6.98. The van der Waals surface area contributed by atoms with Crippen molar-refractivity contribution in [2.24, 2.45) is 4.99 Å². The van der Waals surface area contributed by atoms with E-state index in [2.05, 4.69) is 60.4 Å². The molecule has 1 aromatic carbocycles. The molecule has 110 valence electrons. The van der Waals surface area contributed by atoms with E-state index in [0.29, 0.717) is 0 Å². The number of aliphatic imine (C=N–C) groups is 1. The Morgan fingerprint density at radius 3 is 2.00 bits per heavy atom. The highest BCUT2D eigenvalue weighted by Gasteiger charge is 2.22. The van der Waals surface area contributed by atoms with E-state index in [0.717, 1.165) is 5.69 Å². The highest BCUT2D eigenvalue weighted by Crippen LogP contribution is 2.42. The molecule has 0 spiro atoms. The molecule has 0 amide bonds. The Morgan fingerprint density at radius 1 is 0.909 bits per heavy atom. The fourth-order valence-electron chi connectivity index (χ4n) is 2.55. The summed E-state index contributed by atoms with van der Waals surface area (Å²) in [5.41, 5.74) is 2.09. The summed E-state index contributed by atoms with van der Waals surface area (Å²) in [6.45, 7) is 4.29. The van der Waals surface area contributed by atoms with Gasteiger partial charge >= 0.3 is 0 Å². The van der Waals surface area contributed by atoms with Crippen LogP contribution >= 0.6 is 34.9 Å². The molecule has 0 radical (unpaired) electrons. The predicted molar refractivity (Wildman–Crippen MR) is 100 cm³/mol. The Labute approximate surface area is 144 Å². The van der Waals surface area contributed by atoms with Crippen molar-refractivity contribution in [1.82, 2.24) is 0 Å². The van der Waals surface area contributed by atoms with Gasteiger partial charge in [0.25, 0.3) is 0 Å². The number of rotatable bonds is 4. The van der Waals surface area contributed by atoms with Gasteiger partial charge in [-0.1, -0.05) is 18.2 Å². The first-order chi connectivity index (χ1) is 10.7. The van der Waals surface area contributed by atoms with E-state index in [9.17, 15) is 0 Å². The van der Waals surface area contributed by atoms with E-state index >= 15 is 0 Å². The van der Waals surface area contributed by atoms with E-state index in [-0.39, 0.29) is 5.92 Å². The van der Waals surface area contributed by atoms with Gasteiger partial charge in [-0.25, -0.2) is 0 Å². The van der Waals surface area contributed by atoms with Crippen LogP contribution in [-0.2, 0) is 0 Å². The first-order valence-corrected chi connectivity index (χ1v) is 9.02. The van der Waals surface area contributed by atoms with Gasteiger partial charge in [-0.05, 0) is 62.0 Å². The molecule has 0 saturated heterocycles. The molecule has 4 heteroatoms. The van der Waals surface area contributed by atoms with Crippen LogP contribution in [0.15, 0.2) is 53.5 Å². The number of nitrogens with zero attached hydrogens (tertiary/aromatic N) is 1. The van der Waals surface area contributed by atoms with Crippen LogP contribution in [0.4, 0.5) is 5.69 Å². The molecule has 0 fully saturated rings. The number of para-hydroxylation sites is 1. The summed E-state index contributed by atoms with van der Waals surface area (Å²) >= 11 is 8.49. The maximum Gasteiger partial charge on any atom is 0.0781 e. The van der Waals surface area contributed by atoms with Gasteiger partial charge in [-0.2, -0.15) is 4.99 Å². The van der Waals surface area contributed by atoms with Crippen molar-refractivity contribution in [3.63, 3.8) is 0 Å². The van der Waals surface area contributed by atoms with Crippen LogP contribution < -0.4 is 0 Å². The average molecular weight is 342 g/mol. The molecule has 0 atom stereocenters. The SMILES string of the molecule is Cc1ccc(C(c2ccc(C)s2)c2ccccc2N=C=S)s1. The zero-order valence-electron chi connectivity index (χ0n) is 12.4. The Bertz CT molecular complexity index is 797. The van der Waals surface area contributed by atoms with Crippen molar-refractivity contribution in [2.45, 2.75) is 19.8 Å². The third kappa shape index (κ3) is 3.11. The first kappa shape index (κ1) is 15.3. The second kappa shape index (κ2) is 6.67. The number of hydrogen-bond donors (Lipinski definition) is 0. The van der Waals surface area contributed by atoms with Crippen molar-refractivity contribution in [1.29, 1.82) is 0 Å². The van der Waals surface area contributed by atoms with Gasteiger partial charge in [0.15, 0.2) is 0 Å². The standard InChI is InChI=1S/C18H15NS3/c1-12-7-9-16(21-12)18(17-10-8-13(2)22-17)14-5-3-4-6-15(14)19-11-20/h3-10,18H,1-2H3. The van der Waals surface area contributed by atoms with Crippen LogP contribution in [0.5, 0.6) is 0 Å². The van der Waals surface area contributed by atoms with E-state index < -0.39 is 0 Å². The lowest BCUT2D eigenvalue weighted by molar-refractivity contribution is 1.03. The molecule has 2 heterocycles. The Morgan fingerprint density at radius 2 is 1.50 bits per heavy atom. The molecule has 0 aliphatic carbocycles. The molecule has 0 aliphatic heterocycles. The van der Waals surface area contributed by atoms with Gasteiger partial charge in [-0.15, -0.1) is 22.7 Å². The van der Waals surface area contributed by atoms with Crippen LogP contribution in [-0.4, -0.2) is 5.16 Å². The van der Waals surface area contributed by atoms with Crippen LogP contribution in [0.25, 0.3) is 0 Å². The van der Waals surface area contributed by atoms with Crippen molar-refractivity contribution in [3.05, 3.63) is 73.6 Å². The van der Waals surface area contributed by atoms with E-state index in [1.807, 2.05) is 34.8 Å². The summed E-state index contributed by atoms with van der Waals surface area (Å²) in [6, 6.07) is 17.0. The lowest BCUT2D eigenvalue weighted by Gasteiger charge is -2.16. The van der Waals surface area contributed by atoms with Crippen molar-refractivity contribution in [3.8, 4) is 0 Å². The van der Waals surface area contributed by atoms with Gasteiger partial charge in [0.1, 0.15) is 0 Å². The normalized spacial score (nSPS) is 10.7. The second-order valence-corrected chi connectivity index (χ2v) is 7.91. The van der Waals surface area contributed by atoms with Gasteiger partial charge < -0.3 is 0 Å². The predicted octanol–water partition coefficient (Wildman–Crippen LogP) is 6.34. The topological polar surface area (TPSA) is 12.4 Å². The van der Waals surface area contributed by atoms with E-state index in [1.165, 1.54) is 25.1 Å². The quantitative estimate of drug-likeness (QED) is 0.398. The minimum atomic E-state index is 0.209. The van der Waals surface area contributed by atoms with Gasteiger partial charge in [0, 0.05) is 19.5 Å². The van der Waals surface area contributed by atoms with Crippen LogP contribution in [0.1, 0.15) is 31.0 Å². The number of thiocarbonyl (C=S) groups is 1. The smallest absolute Gasteiger partial charge is 0.0781 e. The fourth-order valence-corrected chi connectivity index (χ4v) is 4.75. The van der Waals surface area contributed by atoms with Crippen molar-refractivity contribution in [2.75, 3.05) is 0 Å². The number of isothiocyanates is 1. The third-order valence-corrected chi connectivity index (χ3v) is 5.73. The zero-order chi connectivity index (χ0) is 15.5. The number of hydrogen-bond acceptors (Lipinski definition) is 4. The molecule has 3 aromatic rings. The lowest BCUT2D eigenvalue weighted by atomic mass is 9.94. The molecule has 0 bridgehead atoms. The zero-order valence-corrected chi connectivity index (χ0v) is 14.8. The molecule has 0 N–H and O–H groups in total. The van der Waals surface area contributed by atoms with E-state index in [1.54, 1.807) is 0 Å². The van der Waals surface area contributed by atoms with Gasteiger partial charge in [-0.3, -0.25) is 0 Å². The Kier molecular flexibility index (Phi) is 4.65. The summed E-state index contributed by atoms with van der Waals surface area (Å²) in [5.74, 6) is 0.209. The Balaban J connectivity index is 2.20. The summed E-state index contributed by atoms with van der Waals surface area (Å²) in [5, 5.41) is 2.51. The molecule has 3 rings (SSSR count). The van der Waals surface area contributed by atoms with Crippen LogP contribution in [0.2, 0.25) is 0 Å². The molecule has 0 aliphatic rings. The molecule has 0 saturated carbocycles. The van der Waals surface area contributed by atoms with Crippen molar-refractivity contribution >= 4 is 45.7 Å². The molecule has 0 unspecified atom stereocenters. The van der Waals surface area contributed by atoms with Gasteiger partial charge in [0.2, 0.25) is 0 Å². The molecular formula is C18H15NS3. The highest BCUT2D eigenvalue weighted by atomic mass is 32.1. The number of thiophene rings is 2. The third-order valence-electron chi connectivity index (χ3n) is 3.51. The Hall–Kier alpha value is -1.58. The lowest BCUT2D eigenvalue weighted by Crippen LogP contribution is -1.99. The fraction of sp³-hybridized carbons (Fsp3) is 0.167. The largest absolute Gasteiger partial charge is 0.194 e. The number of aryl methyl sites for hydroxylation is 2. The average Bonchev–Trinajstić information content (AvgIpc) is 3.11. The van der Waals surface area contributed by atoms with Crippen LogP contribution in [0, 0.1) is 13.8 Å². The molecule has 1 nitrogen and oxygen atoms in total. The maximum atomic E-state index is 4.81. The minimum Gasteiger partial charge on any atom is -0.194 e. The summed E-state index contributed by atoms with van der Waals surface area (Å²) in [4.78, 5) is 9.59. The summed E-state index contributed by atoms with van der Waals surface area (Å²) in [6.07, 6.45) is 0. The van der Waals surface area contributed by atoms with E-state index in [4.69, 9.17) is 12.2 Å².